The van der Waals surface area contributed by atoms with Gasteiger partial charge in [-0.1, -0.05) is 304 Å². The van der Waals surface area contributed by atoms with E-state index < -0.39 is 6.10 Å². The van der Waals surface area contributed by atoms with E-state index in [4.69, 9.17) is 14.2 Å². The van der Waals surface area contributed by atoms with Crippen molar-refractivity contribution in [3.8, 4) is 0 Å². The average molecular weight is 1110 g/mol. The first-order valence-electron chi connectivity index (χ1n) is 34.2. The molecule has 1 unspecified atom stereocenters. The first-order chi connectivity index (χ1) is 39.5. The first kappa shape index (κ1) is 76.3. The van der Waals surface area contributed by atoms with Gasteiger partial charge >= 0.3 is 17.9 Å². The molecule has 6 nitrogen and oxygen atoms in total. The van der Waals surface area contributed by atoms with Crippen LogP contribution in [0.4, 0.5) is 0 Å². The lowest BCUT2D eigenvalue weighted by Gasteiger charge is -2.18. The fourth-order valence-electron chi connectivity index (χ4n) is 9.67. The van der Waals surface area contributed by atoms with Gasteiger partial charge in [-0.2, -0.15) is 0 Å². The van der Waals surface area contributed by atoms with Crippen LogP contribution in [0, 0.1) is 0 Å². The third-order valence-corrected chi connectivity index (χ3v) is 14.8. The number of hydrogen-bond acceptors (Lipinski definition) is 6. The molecule has 0 aliphatic carbocycles. The quantitative estimate of drug-likeness (QED) is 0.0261. The molecule has 0 fully saturated rings. The van der Waals surface area contributed by atoms with Gasteiger partial charge in [0.05, 0.1) is 0 Å². The summed E-state index contributed by atoms with van der Waals surface area (Å²) >= 11 is 0. The van der Waals surface area contributed by atoms with Gasteiger partial charge in [-0.3, -0.25) is 14.4 Å². The van der Waals surface area contributed by atoms with Gasteiger partial charge in [0.15, 0.2) is 6.10 Å². The van der Waals surface area contributed by atoms with Crippen molar-refractivity contribution >= 4 is 17.9 Å². The molecule has 80 heavy (non-hydrogen) atoms. The van der Waals surface area contributed by atoms with Crippen LogP contribution in [0.2, 0.25) is 0 Å². The number of unbranched alkanes of at least 4 members (excludes halogenated alkanes) is 35. The van der Waals surface area contributed by atoms with Gasteiger partial charge in [0.2, 0.25) is 0 Å². The van der Waals surface area contributed by atoms with Crippen molar-refractivity contribution in [3.63, 3.8) is 0 Å². The molecule has 0 rings (SSSR count). The Morgan fingerprint density at radius 1 is 0.263 bits per heavy atom. The molecule has 0 saturated carbocycles. The molecule has 460 valence electrons. The van der Waals surface area contributed by atoms with Crippen LogP contribution >= 0.6 is 0 Å². The molecule has 0 radical (unpaired) electrons. The van der Waals surface area contributed by atoms with E-state index in [1.54, 1.807) is 0 Å². The Hall–Kier alpha value is -3.67. The lowest BCUT2D eigenvalue weighted by atomic mass is 10.0. The molecule has 0 amide bonds. The fourth-order valence-corrected chi connectivity index (χ4v) is 9.67. The zero-order chi connectivity index (χ0) is 57.8. The number of hydrogen-bond donors (Lipinski definition) is 0. The third kappa shape index (κ3) is 65.1. The summed E-state index contributed by atoms with van der Waals surface area (Å²) in [7, 11) is 0. The van der Waals surface area contributed by atoms with Crippen molar-refractivity contribution in [1.82, 2.24) is 0 Å². The minimum Gasteiger partial charge on any atom is -0.462 e. The van der Waals surface area contributed by atoms with Crippen molar-refractivity contribution in [3.05, 3.63) is 97.2 Å². The summed E-state index contributed by atoms with van der Waals surface area (Å²) in [6.45, 7) is 6.46. The summed E-state index contributed by atoms with van der Waals surface area (Å²) in [6.07, 6.45) is 91.7. The highest BCUT2D eigenvalue weighted by atomic mass is 16.6. The second-order valence-electron chi connectivity index (χ2n) is 22.7. The Balaban J connectivity index is 4.24. The summed E-state index contributed by atoms with van der Waals surface area (Å²) < 4.78 is 16.9. The van der Waals surface area contributed by atoms with Crippen molar-refractivity contribution in [1.29, 1.82) is 0 Å². The number of ether oxygens (including phenoxy) is 3. The van der Waals surface area contributed by atoms with Gasteiger partial charge in [0, 0.05) is 19.3 Å². The Kier molecular flexibility index (Phi) is 64.7. The maximum atomic E-state index is 12.9. The predicted molar refractivity (Wildman–Crippen MR) is 348 cm³/mol. The summed E-state index contributed by atoms with van der Waals surface area (Å²) in [6, 6.07) is 0. The minimum absolute atomic E-state index is 0.103. The Bertz CT molecular complexity index is 1560. The highest BCUT2D eigenvalue weighted by molar-refractivity contribution is 5.71. The van der Waals surface area contributed by atoms with Crippen LogP contribution in [0.15, 0.2) is 97.2 Å². The minimum atomic E-state index is -0.814. The van der Waals surface area contributed by atoms with E-state index in [0.717, 1.165) is 103 Å². The molecule has 0 aromatic carbocycles. The SMILES string of the molecule is CC/C=C\C/C=C\C/C=C\C/C=C\C/C=C\CCCC(=O)OC(COC(=O)CCCCCCC/C=C\C/C=C\CCCC)COC(=O)CCCCCCCCCCCCCCCCCCCCC/C=C\CCCCCCCCCC. The third-order valence-electron chi connectivity index (χ3n) is 14.8. The summed E-state index contributed by atoms with van der Waals surface area (Å²) in [5.41, 5.74) is 0. The fraction of sp³-hybridized carbons (Fsp3) is 0.743. The van der Waals surface area contributed by atoms with Crippen LogP contribution in [0.5, 0.6) is 0 Å². The molecule has 1 atom stereocenters. The Labute approximate surface area is 496 Å². The highest BCUT2D eigenvalue weighted by Crippen LogP contribution is 2.17. The zero-order valence-electron chi connectivity index (χ0n) is 52.8. The normalized spacial score (nSPS) is 12.7. The van der Waals surface area contributed by atoms with Crippen molar-refractivity contribution in [2.75, 3.05) is 13.2 Å². The van der Waals surface area contributed by atoms with Crippen LogP contribution < -0.4 is 0 Å². The zero-order valence-corrected chi connectivity index (χ0v) is 52.8. The van der Waals surface area contributed by atoms with Crippen LogP contribution in [0.1, 0.15) is 335 Å². The number of esters is 3. The van der Waals surface area contributed by atoms with Crippen molar-refractivity contribution in [2.24, 2.45) is 0 Å². The van der Waals surface area contributed by atoms with Crippen molar-refractivity contribution in [2.45, 2.75) is 341 Å². The molecular weight excluding hydrogens is 985 g/mol. The van der Waals surface area contributed by atoms with E-state index in [1.165, 1.54) is 186 Å². The van der Waals surface area contributed by atoms with Crippen LogP contribution in [0.3, 0.4) is 0 Å². The molecule has 0 bridgehead atoms. The first-order valence-corrected chi connectivity index (χ1v) is 34.2. The molecular formula is C74H128O6. The number of carbonyl (C=O) groups is 3. The molecule has 0 aromatic heterocycles. The second-order valence-corrected chi connectivity index (χ2v) is 22.7. The molecule has 0 aliphatic rings. The van der Waals surface area contributed by atoms with Gasteiger partial charge in [-0.05, 0) is 109 Å². The molecule has 6 heteroatoms. The molecule has 0 spiro atoms. The lowest BCUT2D eigenvalue weighted by Crippen LogP contribution is -2.30. The molecule has 0 saturated heterocycles. The van der Waals surface area contributed by atoms with E-state index in [-0.39, 0.29) is 37.5 Å². The Morgan fingerprint density at radius 2 is 0.512 bits per heavy atom. The highest BCUT2D eigenvalue weighted by Gasteiger charge is 2.19. The van der Waals surface area contributed by atoms with Crippen LogP contribution in [0.25, 0.3) is 0 Å². The predicted octanol–water partition coefficient (Wildman–Crippen LogP) is 23.6. The van der Waals surface area contributed by atoms with Gasteiger partial charge in [0.25, 0.3) is 0 Å². The molecule has 0 aliphatic heterocycles. The summed E-state index contributed by atoms with van der Waals surface area (Å²) in [5, 5.41) is 0. The van der Waals surface area contributed by atoms with E-state index in [2.05, 4.69) is 118 Å². The largest absolute Gasteiger partial charge is 0.462 e. The second kappa shape index (κ2) is 67.8. The summed E-state index contributed by atoms with van der Waals surface area (Å²) in [5.74, 6) is -0.965. The topological polar surface area (TPSA) is 78.9 Å². The lowest BCUT2D eigenvalue weighted by molar-refractivity contribution is -0.167. The van der Waals surface area contributed by atoms with E-state index in [0.29, 0.717) is 19.3 Å². The van der Waals surface area contributed by atoms with Gasteiger partial charge in [-0.25, -0.2) is 0 Å². The van der Waals surface area contributed by atoms with E-state index in [9.17, 15) is 14.4 Å². The van der Waals surface area contributed by atoms with E-state index >= 15 is 0 Å². The smallest absolute Gasteiger partial charge is 0.306 e. The van der Waals surface area contributed by atoms with Crippen LogP contribution in [-0.4, -0.2) is 37.2 Å². The summed E-state index contributed by atoms with van der Waals surface area (Å²) in [4.78, 5) is 38.3. The molecule has 0 N–H and O–H groups in total. The number of rotatable bonds is 62. The number of carbonyl (C=O) groups excluding carboxylic acids is 3. The van der Waals surface area contributed by atoms with Gasteiger partial charge < -0.3 is 14.2 Å². The van der Waals surface area contributed by atoms with Gasteiger partial charge in [-0.15, -0.1) is 0 Å². The standard InChI is InChI=1S/C74H128O6/c1-4-7-10-13-16-19-22-25-28-30-31-32-33-34-35-36-37-38-39-40-41-42-43-45-46-49-52-55-58-61-64-67-73(76)79-70-71(69-78-72(75)66-63-60-57-54-51-48-27-24-21-18-15-12-9-6-3)80-74(77)68-65-62-59-56-53-50-47-44-29-26-23-20-17-14-11-8-5-2/h8,11,15,17-18,20,24,26-27,29-31,47,50,56,59,71H,4-7,9-10,12-14,16,19,21-23,25,28,32-46,48-49,51-55,57-58,60-70H2,1-3H3/b11-8-,18-15-,20-17-,27-24-,29-26-,31-30-,50-47-,59-56-. The van der Waals surface area contributed by atoms with Gasteiger partial charge in [0.1, 0.15) is 13.2 Å². The number of allylic oxidation sites excluding steroid dienone is 16. The van der Waals surface area contributed by atoms with E-state index in [1.807, 2.05) is 0 Å². The molecule has 0 heterocycles. The Morgan fingerprint density at radius 3 is 0.850 bits per heavy atom. The van der Waals surface area contributed by atoms with Crippen LogP contribution in [-0.2, 0) is 28.6 Å². The maximum Gasteiger partial charge on any atom is 0.306 e. The molecule has 0 aromatic rings. The monoisotopic (exact) mass is 1110 g/mol. The maximum absolute atomic E-state index is 12.9. The van der Waals surface area contributed by atoms with Crippen molar-refractivity contribution < 1.29 is 28.6 Å². The average Bonchev–Trinajstić information content (AvgIpc) is 3.46.